The van der Waals surface area contributed by atoms with Crippen LogP contribution in [0.1, 0.15) is 26.7 Å². The Balaban J connectivity index is 1.85. The zero-order valence-electron chi connectivity index (χ0n) is 8.62. The fraction of sp³-hybridized carbons (Fsp3) is 1.00. The summed E-state index contributed by atoms with van der Waals surface area (Å²) in [6, 6.07) is 0. The van der Waals surface area contributed by atoms with E-state index in [1.54, 1.807) is 0 Å². The fourth-order valence-electron chi connectivity index (χ4n) is 3.66. The van der Waals surface area contributed by atoms with Crippen LogP contribution in [-0.4, -0.2) is 36.2 Å². The van der Waals surface area contributed by atoms with Gasteiger partial charge in [0.1, 0.15) is 0 Å². The van der Waals surface area contributed by atoms with Crippen molar-refractivity contribution < 1.29 is 4.74 Å². The van der Waals surface area contributed by atoms with Crippen molar-refractivity contribution in [2.45, 2.75) is 38.4 Å². The molecule has 0 N–H and O–H groups in total. The highest BCUT2D eigenvalue weighted by molar-refractivity contribution is 5.08. The van der Waals surface area contributed by atoms with Gasteiger partial charge in [0, 0.05) is 24.9 Å². The molecule has 0 aromatic carbocycles. The average molecular weight is 181 g/mol. The van der Waals surface area contributed by atoms with Crippen LogP contribution < -0.4 is 0 Å². The van der Waals surface area contributed by atoms with Crippen molar-refractivity contribution in [2.75, 3.05) is 19.6 Å². The van der Waals surface area contributed by atoms with E-state index >= 15 is 0 Å². The predicted molar refractivity (Wildman–Crippen MR) is 51.6 cm³/mol. The van der Waals surface area contributed by atoms with Crippen LogP contribution in [0.3, 0.4) is 0 Å². The molecule has 3 heterocycles. The van der Waals surface area contributed by atoms with Gasteiger partial charge in [-0.2, -0.15) is 0 Å². The van der Waals surface area contributed by atoms with Gasteiger partial charge in [0.15, 0.2) is 0 Å². The molecule has 0 aliphatic carbocycles. The summed E-state index contributed by atoms with van der Waals surface area (Å²) in [7, 11) is 0. The first-order valence-corrected chi connectivity index (χ1v) is 5.63. The third-order valence-corrected chi connectivity index (χ3v) is 4.50. The lowest BCUT2D eigenvalue weighted by molar-refractivity contribution is -0.00271. The summed E-state index contributed by atoms with van der Waals surface area (Å²) in [5.74, 6) is 1.70. The molecule has 3 aliphatic heterocycles. The van der Waals surface area contributed by atoms with Crippen LogP contribution in [0.15, 0.2) is 0 Å². The Kier molecular flexibility index (Phi) is 1.58. The number of fused-ring (bicyclic) bond motifs is 5. The normalized spacial score (nSPS) is 54.5. The maximum Gasteiger partial charge on any atom is 0.0703 e. The molecule has 4 unspecified atom stereocenters. The van der Waals surface area contributed by atoms with Gasteiger partial charge in [0.2, 0.25) is 0 Å². The summed E-state index contributed by atoms with van der Waals surface area (Å²) in [4.78, 5) is 2.59. The highest BCUT2D eigenvalue weighted by atomic mass is 16.5. The van der Waals surface area contributed by atoms with Crippen LogP contribution in [-0.2, 0) is 4.74 Å². The summed E-state index contributed by atoms with van der Waals surface area (Å²) in [6.45, 7) is 8.40. The number of nitrogens with zero attached hydrogens (tertiary/aromatic N) is 1. The molecule has 2 bridgehead atoms. The second kappa shape index (κ2) is 2.48. The second-order valence-corrected chi connectivity index (χ2v) is 5.13. The third-order valence-electron chi connectivity index (χ3n) is 4.50. The van der Waals surface area contributed by atoms with Gasteiger partial charge in [0.05, 0.1) is 11.7 Å². The molecular weight excluding hydrogens is 162 g/mol. The van der Waals surface area contributed by atoms with E-state index in [4.69, 9.17) is 4.74 Å². The Morgan fingerprint density at radius 2 is 2.31 bits per heavy atom. The molecule has 74 valence electrons. The smallest absolute Gasteiger partial charge is 0.0703 e. The molecule has 0 aromatic rings. The van der Waals surface area contributed by atoms with Crippen LogP contribution in [0.4, 0.5) is 0 Å². The van der Waals surface area contributed by atoms with Crippen molar-refractivity contribution in [3.63, 3.8) is 0 Å². The first-order chi connectivity index (χ1) is 6.23. The number of hydrogen-bond acceptors (Lipinski definition) is 2. The van der Waals surface area contributed by atoms with E-state index in [9.17, 15) is 0 Å². The van der Waals surface area contributed by atoms with Crippen molar-refractivity contribution in [1.82, 2.24) is 4.90 Å². The predicted octanol–water partition coefficient (Wildman–Crippen LogP) is 1.51. The monoisotopic (exact) mass is 181 g/mol. The second-order valence-electron chi connectivity index (χ2n) is 5.13. The zero-order valence-corrected chi connectivity index (χ0v) is 8.62. The lowest BCUT2D eigenvalue weighted by Crippen LogP contribution is -2.35. The topological polar surface area (TPSA) is 12.5 Å². The van der Waals surface area contributed by atoms with Crippen LogP contribution >= 0.6 is 0 Å². The van der Waals surface area contributed by atoms with Gasteiger partial charge < -0.3 is 9.64 Å². The molecule has 2 nitrogen and oxygen atoms in total. The van der Waals surface area contributed by atoms with Gasteiger partial charge in [-0.05, 0) is 26.3 Å². The van der Waals surface area contributed by atoms with Gasteiger partial charge in [0.25, 0.3) is 0 Å². The minimum atomic E-state index is 0.249. The first-order valence-electron chi connectivity index (χ1n) is 5.63. The first kappa shape index (κ1) is 8.25. The summed E-state index contributed by atoms with van der Waals surface area (Å²) in [5.41, 5.74) is 0.249. The molecule has 3 rings (SSSR count). The minimum Gasteiger partial charge on any atom is -0.371 e. The molecule has 4 atom stereocenters. The number of hydrogen-bond donors (Lipinski definition) is 0. The quantitative estimate of drug-likeness (QED) is 0.608. The number of rotatable bonds is 1. The van der Waals surface area contributed by atoms with E-state index in [1.165, 1.54) is 32.5 Å². The van der Waals surface area contributed by atoms with E-state index in [1.807, 2.05) is 0 Å². The van der Waals surface area contributed by atoms with E-state index < -0.39 is 0 Å². The Morgan fingerprint density at radius 3 is 3.00 bits per heavy atom. The molecule has 0 spiro atoms. The summed E-state index contributed by atoms with van der Waals surface area (Å²) in [5, 5.41) is 0. The Hall–Kier alpha value is -0.0800. The maximum atomic E-state index is 6.09. The largest absolute Gasteiger partial charge is 0.371 e. The lowest BCUT2D eigenvalue weighted by atomic mass is 9.75. The molecule has 0 radical (unpaired) electrons. The van der Waals surface area contributed by atoms with E-state index in [0.717, 1.165) is 11.8 Å². The highest BCUT2D eigenvalue weighted by Gasteiger charge is 2.59. The van der Waals surface area contributed by atoms with Crippen LogP contribution in [0.25, 0.3) is 0 Å². The number of likely N-dealkylation sites (tertiary alicyclic amines) is 1. The van der Waals surface area contributed by atoms with Gasteiger partial charge in [-0.25, -0.2) is 0 Å². The van der Waals surface area contributed by atoms with E-state index in [0.29, 0.717) is 6.10 Å². The van der Waals surface area contributed by atoms with Crippen LogP contribution in [0, 0.1) is 11.8 Å². The van der Waals surface area contributed by atoms with Gasteiger partial charge >= 0.3 is 0 Å². The Morgan fingerprint density at radius 1 is 1.46 bits per heavy atom. The Labute approximate surface area is 80.2 Å². The molecule has 2 heteroatoms. The third kappa shape index (κ3) is 0.962. The lowest BCUT2D eigenvalue weighted by Gasteiger charge is -2.28. The summed E-state index contributed by atoms with van der Waals surface area (Å²) < 4.78 is 6.09. The molecule has 3 saturated heterocycles. The van der Waals surface area contributed by atoms with Crippen molar-refractivity contribution in [3.05, 3.63) is 0 Å². The van der Waals surface area contributed by atoms with Crippen molar-refractivity contribution in [3.8, 4) is 0 Å². The van der Waals surface area contributed by atoms with Gasteiger partial charge in [-0.3, -0.25) is 0 Å². The van der Waals surface area contributed by atoms with Crippen molar-refractivity contribution in [2.24, 2.45) is 11.8 Å². The highest BCUT2D eigenvalue weighted by Crippen LogP contribution is 2.53. The zero-order chi connectivity index (χ0) is 9.05. The SMILES string of the molecule is CCN1CC2C3CCC(C)(O3)C2C1. The fourth-order valence-corrected chi connectivity index (χ4v) is 3.66. The minimum absolute atomic E-state index is 0.249. The van der Waals surface area contributed by atoms with Crippen molar-refractivity contribution in [1.29, 1.82) is 0 Å². The van der Waals surface area contributed by atoms with E-state index in [2.05, 4.69) is 18.7 Å². The average Bonchev–Trinajstić information content (AvgIpc) is 2.71. The van der Waals surface area contributed by atoms with Crippen LogP contribution in [0.5, 0.6) is 0 Å². The standard InChI is InChI=1S/C11H19NO/c1-3-12-6-8-9(7-12)11(2)5-4-10(8)13-11/h8-10H,3-7H2,1-2H3. The van der Waals surface area contributed by atoms with Crippen molar-refractivity contribution >= 4 is 0 Å². The van der Waals surface area contributed by atoms with Crippen LogP contribution in [0.2, 0.25) is 0 Å². The molecule has 13 heavy (non-hydrogen) atoms. The van der Waals surface area contributed by atoms with E-state index in [-0.39, 0.29) is 5.60 Å². The molecule has 3 fully saturated rings. The molecule has 0 aromatic heterocycles. The number of ether oxygens (including phenoxy) is 1. The Bertz CT molecular complexity index is 230. The molecular formula is C11H19NO. The summed E-state index contributed by atoms with van der Waals surface area (Å²) >= 11 is 0. The summed E-state index contributed by atoms with van der Waals surface area (Å²) in [6.07, 6.45) is 3.22. The molecule has 0 amide bonds. The molecule has 0 saturated carbocycles. The van der Waals surface area contributed by atoms with Gasteiger partial charge in [-0.15, -0.1) is 0 Å². The molecule has 3 aliphatic rings. The maximum absolute atomic E-state index is 6.09. The van der Waals surface area contributed by atoms with Gasteiger partial charge in [-0.1, -0.05) is 6.92 Å².